The molecule has 0 saturated carbocycles. The fourth-order valence-corrected chi connectivity index (χ4v) is 4.26. The molecule has 4 N–H and O–H groups in total. The minimum Gasteiger partial charge on any atom is -0.382 e. The predicted octanol–water partition coefficient (Wildman–Crippen LogP) is 5.43. The van der Waals surface area contributed by atoms with Crippen LogP contribution in [0.4, 0.5) is 21.7 Å². The highest BCUT2D eigenvalue weighted by Gasteiger charge is 2.23. The number of hydrogen-bond donors (Lipinski definition) is 2. The Kier molecular flexibility index (Phi) is 15.7. The summed E-state index contributed by atoms with van der Waals surface area (Å²) in [5, 5.41) is 0. The van der Waals surface area contributed by atoms with Crippen LogP contribution in [0.3, 0.4) is 0 Å². The Morgan fingerprint density at radius 1 is 1.27 bits per heavy atom. The lowest BCUT2D eigenvalue weighted by Gasteiger charge is -2.24. The minimum atomic E-state index is -0.885. The van der Waals surface area contributed by atoms with Gasteiger partial charge in [0.25, 0.3) is 0 Å². The molecule has 0 aliphatic heterocycles. The number of carbonyl (C=O) groups excluding carboxylic acids is 1. The smallest absolute Gasteiger partial charge is 0.160 e. The molecule has 1 aromatic carbocycles. The number of halogens is 1. The third-order valence-corrected chi connectivity index (χ3v) is 5.81. The lowest BCUT2D eigenvalue weighted by atomic mass is 10.1. The number of rotatable bonds is 8. The highest BCUT2D eigenvalue weighted by atomic mass is 32.2. The quantitative estimate of drug-likeness (QED) is 0.225. The van der Waals surface area contributed by atoms with Crippen LogP contribution in [0.15, 0.2) is 28.3 Å². The summed E-state index contributed by atoms with van der Waals surface area (Å²) in [5.74, 6) is 1.29. The maximum atomic E-state index is 14.1. The molecule has 7 nitrogen and oxygen atoms in total. The molecule has 0 amide bonds. The molecule has 1 unspecified atom stereocenters. The summed E-state index contributed by atoms with van der Waals surface area (Å²) in [6.07, 6.45) is 3.04. The Morgan fingerprint density at radius 3 is 2.55 bits per heavy atom. The molecule has 0 bridgehead atoms. The molecule has 0 saturated heterocycles. The highest BCUT2D eigenvalue weighted by Crippen LogP contribution is 2.39. The second-order valence-corrected chi connectivity index (χ2v) is 7.39. The third kappa shape index (κ3) is 8.40. The summed E-state index contributed by atoms with van der Waals surface area (Å²) in [5.41, 5.74) is 13.8. The van der Waals surface area contributed by atoms with Gasteiger partial charge >= 0.3 is 0 Å². The number of thioether (sulfide) groups is 1. The van der Waals surface area contributed by atoms with Gasteiger partial charge in [0, 0.05) is 17.9 Å². The van der Waals surface area contributed by atoms with E-state index in [1.165, 1.54) is 13.4 Å². The average Bonchev–Trinajstić information content (AvgIpc) is 3.22. The summed E-state index contributed by atoms with van der Waals surface area (Å²) >= 11 is 1.57. The molecule has 1 atom stereocenters. The molecule has 0 spiro atoms. The van der Waals surface area contributed by atoms with Crippen LogP contribution in [0.1, 0.15) is 63.4 Å². The van der Waals surface area contributed by atoms with Crippen molar-refractivity contribution in [1.82, 2.24) is 9.97 Å². The monoisotopic (exact) mass is 478 g/mol. The van der Waals surface area contributed by atoms with Gasteiger partial charge < -0.3 is 21.2 Å². The fraction of sp³-hybridized carbons (Fsp3) is 0.500. The zero-order valence-corrected chi connectivity index (χ0v) is 21.6. The van der Waals surface area contributed by atoms with E-state index in [-0.39, 0.29) is 5.82 Å². The highest BCUT2D eigenvalue weighted by molar-refractivity contribution is 7.99. The van der Waals surface area contributed by atoms with E-state index < -0.39 is 6.17 Å². The number of hydrogen-bond acceptors (Lipinski definition) is 8. The Balaban J connectivity index is 0.00000158. The van der Waals surface area contributed by atoms with Gasteiger partial charge in [-0.3, -0.25) is 4.99 Å². The van der Waals surface area contributed by atoms with Crippen molar-refractivity contribution in [2.45, 2.75) is 64.9 Å². The second-order valence-electron chi connectivity index (χ2n) is 6.40. The molecule has 0 radical (unpaired) electrons. The number of aliphatic imine (C=N–C) groups is 1. The normalized spacial score (nSPS) is 13.2. The third-order valence-electron chi connectivity index (χ3n) is 4.62. The number of fused-ring (bicyclic) bond motifs is 1. The van der Waals surface area contributed by atoms with Gasteiger partial charge in [-0.15, -0.1) is 11.8 Å². The summed E-state index contributed by atoms with van der Waals surface area (Å²) in [7, 11) is 1.50. The van der Waals surface area contributed by atoms with E-state index in [4.69, 9.17) is 5.73 Å². The van der Waals surface area contributed by atoms with Gasteiger partial charge in [0.05, 0.1) is 5.88 Å². The Morgan fingerprint density at radius 2 is 1.94 bits per heavy atom. The number of benzene rings is 1. The number of nitrogens with two attached hydrogens (primary N) is 2. The van der Waals surface area contributed by atoms with Crippen LogP contribution in [0.5, 0.6) is 0 Å². The molecular formula is C24H39FN6OS. The van der Waals surface area contributed by atoms with Crippen LogP contribution in [0.2, 0.25) is 0 Å². The van der Waals surface area contributed by atoms with Crippen molar-refractivity contribution in [3.8, 4) is 0 Å². The van der Waals surface area contributed by atoms with E-state index in [2.05, 4.69) is 33.5 Å². The first kappa shape index (κ1) is 30.5. The van der Waals surface area contributed by atoms with Crippen LogP contribution < -0.4 is 16.4 Å². The van der Waals surface area contributed by atoms with E-state index in [1.807, 2.05) is 45.6 Å². The fourth-order valence-electron chi connectivity index (χ4n) is 3.22. The van der Waals surface area contributed by atoms with Gasteiger partial charge in [0.2, 0.25) is 0 Å². The van der Waals surface area contributed by atoms with E-state index in [1.54, 1.807) is 11.8 Å². The Hall–Kier alpha value is -2.52. The molecule has 33 heavy (non-hydrogen) atoms. The maximum Gasteiger partial charge on any atom is 0.160 e. The second kappa shape index (κ2) is 17.0. The molecule has 9 heteroatoms. The van der Waals surface area contributed by atoms with Crippen molar-refractivity contribution >= 4 is 42.1 Å². The zero-order valence-electron chi connectivity index (χ0n) is 20.8. The largest absolute Gasteiger partial charge is 0.382 e. The van der Waals surface area contributed by atoms with Gasteiger partial charge in [-0.2, -0.15) is 0 Å². The van der Waals surface area contributed by atoms with E-state index in [0.29, 0.717) is 36.8 Å². The summed E-state index contributed by atoms with van der Waals surface area (Å²) in [4.78, 5) is 26.0. The number of alkyl halides is 1. The van der Waals surface area contributed by atoms with Crippen molar-refractivity contribution in [1.29, 1.82) is 0 Å². The predicted molar refractivity (Wildman–Crippen MR) is 141 cm³/mol. The van der Waals surface area contributed by atoms with Crippen molar-refractivity contribution < 1.29 is 9.18 Å². The van der Waals surface area contributed by atoms with E-state index in [9.17, 15) is 9.18 Å². The van der Waals surface area contributed by atoms with Gasteiger partial charge in [-0.25, -0.2) is 14.4 Å². The zero-order chi connectivity index (χ0) is 25.4. The molecule has 3 rings (SSSR count). The maximum absolute atomic E-state index is 14.1. The molecule has 1 heterocycles. The molecule has 1 aromatic heterocycles. The van der Waals surface area contributed by atoms with Crippen molar-refractivity contribution in [3.63, 3.8) is 0 Å². The first-order chi connectivity index (χ1) is 16.0. The Bertz CT molecular complexity index is 865. The van der Waals surface area contributed by atoms with E-state index >= 15 is 0 Å². The molecule has 2 aromatic rings. The van der Waals surface area contributed by atoms with Gasteiger partial charge in [0.15, 0.2) is 11.6 Å². The lowest BCUT2D eigenvalue weighted by Crippen LogP contribution is -2.25. The number of nitrogen functional groups attached to an aromatic ring is 1. The minimum absolute atomic E-state index is 0.241. The van der Waals surface area contributed by atoms with Gasteiger partial charge in [0.1, 0.15) is 24.5 Å². The Labute approximate surface area is 202 Å². The number of carbonyl (C=O) groups is 1. The van der Waals surface area contributed by atoms with Gasteiger partial charge in [-0.1, -0.05) is 33.8 Å². The van der Waals surface area contributed by atoms with Crippen LogP contribution in [0, 0.1) is 6.92 Å². The van der Waals surface area contributed by atoms with E-state index in [0.717, 1.165) is 34.3 Å². The summed E-state index contributed by atoms with van der Waals surface area (Å²) in [6, 6.07) is 4.03. The lowest BCUT2D eigenvalue weighted by molar-refractivity contribution is -0.107. The number of anilines is 2. The van der Waals surface area contributed by atoms with Crippen LogP contribution in [0.25, 0.3) is 0 Å². The number of aromatic nitrogens is 2. The van der Waals surface area contributed by atoms with Crippen molar-refractivity contribution in [2.24, 2.45) is 10.7 Å². The molecule has 1 aliphatic carbocycles. The summed E-state index contributed by atoms with van der Waals surface area (Å²) < 4.78 is 14.1. The number of aldehydes is 1. The average molecular weight is 479 g/mol. The molecule has 0 fully saturated rings. The van der Waals surface area contributed by atoms with Crippen molar-refractivity contribution in [3.05, 3.63) is 35.2 Å². The van der Waals surface area contributed by atoms with Crippen LogP contribution in [-0.4, -0.2) is 42.4 Å². The van der Waals surface area contributed by atoms with Crippen molar-refractivity contribution in [2.75, 3.05) is 30.1 Å². The number of aryl methyl sites for hydroxylation is 2. The topological polar surface area (TPSA) is 110 Å². The van der Waals surface area contributed by atoms with Crippen LogP contribution in [-0.2, 0) is 11.2 Å². The molecule has 1 aliphatic rings. The number of nitrogens with zero attached hydrogens (tertiary/aromatic N) is 4. The standard InChI is InChI=1S/C19H22FN5OS.2C2H6.CH5N/c1-12-8-13-4-5-15(20)14(13)9-16(12)27-11-25(6-3-7-26)19-17(22-2)18(21)23-10-24-19;3*1-2/h7-10,15H,2-6,11H2,1H3,(H2,21,23,24);2*1-2H3;2H2,1H3. The first-order valence-electron chi connectivity index (χ1n) is 11.3. The summed E-state index contributed by atoms with van der Waals surface area (Å²) in [6.45, 7) is 14.0. The first-order valence-corrected chi connectivity index (χ1v) is 12.3. The van der Waals surface area contributed by atoms with Crippen LogP contribution >= 0.6 is 11.8 Å². The molecular weight excluding hydrogens is 439 g/mol. The molecule has 184 valence electrons. The SMILES string of the molecule is C=Nc1c(N)ncnc1N(CCC=O)CSc1cc2c(cc1C)CCC2F.CC.CC.CN. The van der Waals surface area contributed by atoms with Gasteiger partial charge in [-0.05, 0) is 56.3 Å².